The van der Waals surface area contributed by atoms with Gasteiger partial charge in [0.2, 0.25) is 0 Å². The van der Waals surface area contributed by atoms with E-state index in [9.17, 15) is 14.9 Å². The van der Waals surface area contributed by atoms with Gasteiger partial charge in [-0.1, -0.05) is 6.07 Å². The molecule has 0 bridgehead atoms. The molecule has 1 rings (SSSR count). The Morgan fingerprint density at radius 2 is 2.14 bits per heavy atom. The van der Waals surface area contributed by atoms with Crippen LogP contribution >= 0.6 is 12.2 Å². The molecule has 10 heteroatoms. The van der Waals surface area contributed by atoms with E-state index >= 15 is 0 Å². The van der Waals surface area contributed by atoms with Gasteiger partial charge in [0.25, 0.3) is 5.09 Å². The van der Waals surface area contributed by atoms with E-state index in [0.717, 1.165) is 0 Å². The molecule has 1 aromatic carbocycles. The summed E-state index contributed by atoms with van der Waals surface area (Å²) >= 11 is 4.64. The maximum atomic E-state index is 11.8. The van der Waals surface area contributed by atoms with Gasteiger partial charge < -0.3 is 21.5 Å². The van der Waals surface area contributed by atoms with E-state index in [1.54, 1.807) is 0 Å². The van der Waals surface area contributed by atoms with E-state index in [0.29, 0.717) is 19.4 Å². The van der Waals surface area contributed by atoms with Crippen molar-refractivity contribution >= 4 is 23.3 Å². The first-order valence-corrected chi connectivity index (χ1v) is 6.72. The highest BCUT2D eigenvalue weighted by molar-refractivity contribution is 7.80. The summed E-state index contributed by atoms with van der Waals surface area (Å²) in [5.41, 5.74) is 11.0. The van der Waals surface area contributed by atoms with Gasteiger partial charge >= 0.3 is 5.97 Å². The molecule has 0 aliphatic heterocycles. The van der Waals surface area contributed by atoms with Crippen molar-refractivity contribution in [2.45, 2.75) is 18.9 Å². The predicted octanol–water partition coefficient (Wildman–Crippen LogP) is 0.103. The van der Waals surface area contributed by atoms with E-state index in [1.807, 2.05) is 0 Å². The lowest BCUT2D eigenvalue weighted by Gasteiger charge is -2.12. The van der Waals surface area contributed by atoms with Crippen molar-refractivity contribution in [3.05, 3.63) is 34.4 Å². The summed E-state index contributed by atoms with van der Waals surface area (Å²) < 4.78 is 5.04. The first kappa shape index (κ1) is 17.6. The molecule has 0 spiro atoms. The molecule has 5 N–H and O–H groups in total. The molecule has 0 aromatic heterocycles. The van der Waals surface area contributed by atoms with Gasteiger partial charge in [-0.25, -0.2) is 4.79 Å². The lowest BCUT2D eigenvalue weighted by molar-refractivity contribution is -0.711. The molecule has 0 amide bonds. The van der Waals surface area contributed by atoms with Crippen molar-refractivity contribution < 1.29 is 19.5 Å². The number of rotatable bonds is 8. The summed E-state index contributed by atoms with van der Waals surface area (Å²) in [4.78, 5) is 26.3. The van der Waals surface area contributed by atoms with Gasteiger partial charge in [0.1, 0.15) is 17.5 Å². The zero-order valence-electron chi connectivity index (χ0n) is 11.6. The summed E-state index contributed by atoms with van der Waals surface area (Å²) in [5.74, 6) is -0.584. The minimum absolute atomic E-state index is 0.0514. The van der Waals surface area contributed by atoms with Crippen LogP contribution in [0.1, 0.15) is 12.8 Å². The Kier molecular flexibility index (Phi) is 6.99. The fourth-order valence-corrected chi connectivity index (χ4v) is 1.63. The highest BCUT2D eigenvalue weighted by Crippen LogP contribution is 2.20. The van der Waals surface area contributed by atoms with Crippen molar-refractivity contribution in [1.82, 2.24) is 5.32 Å². The Bertz CT molecular complexity index is 554. The van der Waals surface area contributed by atoms with Crippen molar-refractivity contribution in [1.29, 1.82) is 0 Å². The number of nitrogens with zero attached hydrogens (tertiary/aromatic N) is 1. The highest BCUT2D eigenvalue weighted by atomic mass is 32.1. The summed E-state index contributed by atoms with van der Waals surface area (Å²) in [6.07, 6.45) is 0.956. The monoisotopic (exact) mass is 328 g/mol. The largest absolute Gasteiger partial charge is 0.425 e. The molecule has 1 atom stereocenters. The van der Waals surface area contributed by atoms with Gasteiger partial charge in [-0.15, -0.1) is 10.1 Å². The number of nitrogens with two attached hydrogens (primary N) is 2. The maximum Gasteiger partial charge on any atom is 0.328 e. The zero-order chi connectivity index (χ0) is 16.5. The summed E-state index contributed by atoms with van der Waals surface area (Å²) in [5, 5.41) is 12.2. The standard InChI is InChI=1S/C12H16N4O5S/c13-10(5-2-6-15-12(14)22)11(17)20-8-3-1-4-9(7-8)21-16(18)19/h1,3-4,7,10H,2,5-6,13H2,(H3,14,15,22). The number of thiocarbonyl (C=S) groups is 1. The number of carbonyl (C=O) groups is 1. The quantitative estimate of drug-likeness (QED) is 0.151. The van der Waals surface area contributed by atoms with E-state index in [-0.39, 0.29) is 16.6 Å². The van der Waals surface area contributed by atoms with Gasteiger partial charge in [0, 0.05) is 12.6 Å². The minimum Gasteiger partial charge on any atom is -0.425 e. The number of hydrogen-bond donors (Lipinski definition) is 3. The molecular formula is C12H16N4O5S. The molecule has 22 heavy (non-hydrogen) atoms. The number of carbonyl (C=O) groups excluding carboxylic acids is 1. The smallest absolute Gasteiger partial charge is 0.328 e. The molecule has 0 aliphatic rings. The van der Waals surface area contributed by atoms with Crippen molar-refractivity contribution in [2.24, 2.45) is 11.5 Å². The second-order valence-electron chi connectivity index (χ2n) is 4.25. The molecule has 9 nitrogen and oxygen atoms in total. The first-order chi connectivity index (χ1) is 10.4. The predicted molar refractivity (Wildman–Crippen MR) is 81.7 cm³/mol. The zero-order valence-corrected chi connectivity index (χ0v) is 12.4. The van der Waals surface area contributed by atoms with Crippen LogP contribution in [0.2, 0.25) is 0 Å². The van der Waals surface area contributed by atoms with Crippen LogP contribution in [-0.2, 0) is 4.79 Å². The molecule has 120 valence electrons. The lowest BCUT2D eigenvalue weighted by Crippen LogP contribution is -2.36. The van der Waals surface area contributed by atoms with Crippen LogP contribution < -0.4 is 26.4 Å². The van der Waals surface area contributed by atoms with Crippen molar-refractivity contribution in [3.63, 3.8) is 0 Å². The van der Waals surface area contributed by atoms with E-state index in [4.69, 9.17) is 16.2 Å². The highest BCUT2D eigenvalue weighted by Gasteiger charge is 2.16. The fraction of sp³-hybridized carbons (Fsp3) is 0.333. The third-order valence-corrected chi connectivity index (χ3v) is 2.64. The van der Waals surface area contributed by atoms with Crippen LogP contribution in [0.4, 0.5) is 0 Å². The maximum absolute atomic E-state index is 11.8. The Morgan fingerprint density at radius 3 is 2.77 bits per heavy atom. The van der Waals surface area contributed by atoms with Gasteiger partial charge in [0.05, 0.1) is 0 Å². The topological polar surface area (TPSA) is 143 Å². The third-order valence-electron chi connectivity index (χ3n) is 2.50. The Morgan fingerprint density at radius 1 is 1.45 bits per heavy atom. The van der Waals surface area contributed by atoms with E-state index in [1.165, 1.54) is 24.3 Å². The fourth-order valence-electron chi connectivity index (χ4n) is 1.52. The molecule has 0 saturated heterocycles. The number of nitrogens with one attached hydrogen (secondary N) is 1. The number of ether oxygens (including phenoxy) is 1. The Balaban J connectivity index is 2.46. The number of esters is 1. The van der Waals surface area contributed by atoms with Crippen LogP contribution in [0.3, 0.4) is 0 Å². The van der Waals surface area contributed by atoms with Gasteiger partial charge in [0.15, 0.2) is 5.11 Å². The van der Waals surface area contributed by atoms with Gasteiger partial charge in [-0.2, -0.15) is 0 Å². The molecule has 1 unspecified atom stereocenters. The van der Waals surface area contributed by atoms with Crippen LogP contribution in [0.25, 0.3) is 0 Å². The molecule has 0 aliphatic carbocycles. The Labute approximate surface area is 131 Å². The third kappa shape index (κ3) is 6.81. The van der Waals surface area contributed by atoms with Crippen molar-refractivity contribution in [2.75, 3.05) is 6.54 Å². The summed E-state index contributed by atoms with van der Waals surface area (Å²) in [7, 11) is 0. The average molecular weight is 328 g/mol. The van der Waals surface area contributed by atoms with Crippen LogP contribution in [0, 0.1) is 10.1 Å². The second-order valence-corrected chi connectivity index (χ2v) is 4.69. The molecule has 0 radical (unpaired) electrons. The lowest BCUT2D eigenvalue weighted by atomic mass is 10.1. The van der Waals surface area contributed by atoms with Gasteiger partial charge in [-0.3, -0.25) is 4.84 Å². The van der Waals surface area contributed by atoms with Gasteiger partial charge in [-0.05, 0) is 37.2 Å². The van der Waals surface area contributed by atoms with Crippen LogP contribution in [-0.4, -0.2) is 28.8 Å². The molecule has 0 heterocycles. The summed E-state index contributed by atoms with van der Waals surface area (Å²) in [6, 6.07) is 4.68. The SMILES string of the molecule is NC(=S)NCCCC(N)C(=O)Oc1cccc(O[N+](=O)[O-])c1. The van der Waals surface area contributed by atoms with E-state index in [2.05, 4.69) is 22.4 Å². The van der Waals surface area contributed by atoms with Crippen molar-refractivity contribution in [3.8, 4) is 11.5 Å². The van der Waals surface area contributed by atoms with Crippen LogP contribution in [0.5, 0.6) is 11.5 Å². The Hall–Kier alpha value is -2.46. The first-order valence-electron chi connectivity index (χ1n) is 6.31. The minimum atomic E-state index is -0.957. The normalized spacial score (nSPS) is 11.3. The molecule has 0 fully saturated rings. The number of hydrogen-bond acceptors (Lipinski definition) is 7. The summed E-state index contributed by atoms with van der Waals surface area (Å²) in [6.45, 7) is 0.502. The van der Waals surface area contributed by atoms with Crippen LogP contribution in [0.15, 0.2) is 24.3 Å². The molecule has 0 saturated carbocycles. The molecule has 1 aromatic rings. The van der Waals surface area contributed by atoms with E-state index < -0.39 is 17.1 Å². The second kappa shape index (κ2) is 8.74. The molecular weight excluding hydrogens is 312 g/mol. The number of benzene rings is 1. The average Bonchev–Trinajstić information content (AvgIpc) is 2.42.